The van der Waals surface area contributed by atoms with E-state index in [-0.39, 0.29) is 35.5 Å². The van der Waals surface area contributed by atoms with E-state index in [2.05, 4.69) is 9.88 Å². The fourth-order valence-corrected chi connectivity index (χ4v) is 3.26. The van der Waals surface area contributed by atoms with E-state index in [1.165, 1.54) is 0 Å². The number of carbonyl (C=O) groups is 2. The normalized spacial score (nSPS) is 10.7. The molecular weight excluding hydrogens is 367 g/mol. The second-order valence-electron chi connectivity index (χ2n) is 6.92. The van der Waals surface area contributed by atoms with Gasteiger partial charge in [-0.3, -0.25) is 4.79 Å². The van der Waals surface area contributed by atoms with Crippen LogP contribution in [0, 0.1) is 6.92 Å². The summed E-state index contributed by atoms with van der Waals surface area (Å²) in [7, 11) is 0. The number of benzene rings is 2. The molecule has 1 heterocycles. The van der Waals surface area contributed by atoms with Gasteiger partial charge in [0.25, 0.3) is 0 Å². The number of aromatic hydroxyl groups is 1. The van der Waals surface area contributed by atoms with E-state index in [1.807, 2.05) is 45.0 Å². The predicted octanol–water partition coefficient (Wildman–Crippen LogP) is 3.20. The van der Waals surface area contributed by atoms with Crippen LogP contribution in [0.3, 0.4) is 0 Å². The number of hydrogen-bond donors (Lipinski definition) is 3. The Labute approximate surface area is 185 Å². The second kappa shape index (κ2) is 8.82. The monoisotopic (exact) mass is 390 g/mol. The van der Waals surface area contributed by atoms with Crippen LogP contribution in [0.5, 0.6) is 5.75 Å². The van der Waals surface area contributed by atoms with Crippen molar-refractivity contribution in [1.82, 2.24) is 4.57 Å². The van der Waals surface area contributed by atoms with E-state index < -0.39 is 11.9 Å². The molecule has 1 amide bonds. The molecular formula is C21H23N2NaO4. The van der Waals surface area contributed by atoms with E-state index >= 15 is 0 Å². The third kappa shape index (κ3) is 4.41. The van der Waals surface area contributed by atoms with Crippen LogP contribution in [0.2, 0.25) is 0 Å². The summed E-state index contributed by atoms with van der Waals surface area (Å²) < 4.78 is 2.10. The van der Waals surface area contributed by atoms with Crippen LogP contribution < -0.4 is 5.32 Å². The van der Waals surface area contributed by atoms with Crippen LogP contribution in [0.25, 0.3) is 10.9 Å². The predicted molar refractivity (Wildman–Crippen MR) is 111 cm³/mol. The summed E-state index contributed by atoms with van der Waals surface area (Å²) in [6.45, 7) is 6.64. The third-order valence-electron chi connectivity index (χ3n) is 4.65. The molecule has 0 unspecified atom stereocenters. The SMILES string of the molecule is Cc1cc2c(NC(=O)C(=O)O)cccc2n1Cc1ccc(O)c(C(C)C)c1.[NaH]. The van der Waals surface area contributed by atoms with Gasteiger partial charge in [0, 0.05) is 17.6 Å². The first-order valence-corrected chi connectivity index (χ1v) is 8.73. The summed E-state index contributed by atoms with van der Waals surface area (Å²) in [5.41, 5.74) is 4.31. The number of nitrogens with one attached hydrogen (secondary N) is 1. The molecule has 7 heteroatoms. The zero-order valence-corrected chi connectivity index (χ0v) is 15.5. The van der Waals surface area contributed by atoms with Crippen molar-refractivity contribution >= 4 is 58.0 Å². The summed E-state index contributed by atoms with van der Waals surface area (Å²) >= 11 is 0. The van der Waals surface area contributed by atoms with Gasteiger partial charge in [0.15, 0.2) is 0 Å². The van der Waals surface area contributed by atoms with Crippen molar-refractivity contribution in [2.45, 2.75) is 33.2 Å². The number of aromatic nitrogens is 1. The van der Waals surface area contributed by atoms with Crippen molar-refractivity contribution in [3.8, 4) is 5.75 Å². The van der Waals surface area contributed by atoms with E-state index in [0.29, 0.717) is 18.0 Å². The number of phenols is 1. The third-order valence-corrected chi connectivity index (χ3v) is 4.65. The Morgan fingerprint density at radius 3 is 2.50 bits per heavy atom. The van der Waals surface area contributed by atoms with Gasteiger partial charge < -0.3 is 20.1 Å². The number of rotatable bonds is 4. The Hall–Kier alpha value is -2.28. The van der Waals surface area contributed by atoms with Crippen molar-refractivity contribution in [3.63, 3.8) is 0 Å². The first kappa shape index (κ1) is 22.0. The molecule has 0 fully saturated rings. The van der Waals surface area contributed by atoms with Crippen molar-refractivity contribution in [1.29, 1.82) is 0 Å². The van der Waals surface area contributed by atoms with Gasteiger partial charge in [0.1, 0.15) is 5.75 Å². The van der Waals surface area contributed by atoms with Gasteiger partial charge in [0.2, 0.25) is 0 Å². The summed E-state index contributed by atoms with van der Waals surface area (Å²) in [5, 5.41) is 22.1. The summed E-state index contributed by atoms with van der Waals surface area (Å²) in [5.74, 6) is -2.08. The zero-order valence-electron chi connectivity index (χ0n) is 15.5. The van der Waals surface area contributed by atoms with Crippen molar-refractivity contribution in [2.75, 3.05) is 5.32 Å². The number of carbonyl (C=O) groups excluding carboxylic acids is 1. The van der Waals surface area contributed by atoms with Gasteiger partial charge in [-0.25, -0.2) is 4.79 Å². The van der Waals surface area contributed by atoms with Gasteiger partial charge in [0.05, 0.1) is 11.2 Å². The van der Waals surface area contributed by atoms with E-state index in [0.717, 1.165) is 27.7 Å². The maximum atomic E-state index is 11.5. The minimum absolute atomic E-state index is 0. The van der Waals surface area contributed by atoms with Crippen molar-refractivity contribution in [2.24, 2.45) is 0 Å². The molecule has 0 spiro atoms. The zero-order chi connectivity index (χ0) is 19.7. The summed E-state index contributed by atoms with van der Waals surface area (Å²) in [6, 6.07) is 12.9. The first-order valence-electron chi connectivity index (χ1n) is 8.73. The molecule has 0 aliphatic rings. The quantitative estimate of drug-likeness (QED) is 0.471. The van der Waals surface area contributed by atoms with Crippen LogP contribution in [0.15, 0.2) is 42.5 Å². The van der Waals surface area contributed by atoms with Crippen LogP contribution >= 0.6 is 0 Å². The second-order valence-corrected chi connectivity index (χ2v) is 6.92. The molecule has 0 aliphatic carbocycles. The Morgan fingerprint density at radius 2 is 1.86 bits per heavy atom. The fraction of sp³-hybridized carbons (Fsp3) is 0.238. The van der Waals surface area contributed by atoms with Crippen LogP contribution in [-0.4, -0.2) is 56.2 Å². The number of hydrogen-bond acceptors (Lipinski definition) is 3. The number of carboxylic acid groups (broad SMARTS) is 1. The molecule has 0 radical (unpaired) electrons. The van der Waals surface area contributed by atoms with E-state index in [4.69, 9.17) is 5.11 Å². The Balaban J connectivity index is 0.00000280. The van der Waals surface area contributed by atoms with Crippen molar-refractivity contribution in [3.05, 3.63) is 59.3 Å². The Morgan fingerprint density at radius 1 is 1.14 bits per heavy atom. The molecule has 0 aliphatic heterocycles. The molecule has 2 aromatic carbocycles. The van der Waals surface area contributed by atoms with Crippen LogP contribution in [-0.2, 0) is 16.1 Å². The maximum absolute atomic E-state index is 11.5. The van der Waals surface area contributed by atoms with Gasteiger partial charge in [-0.1, -0.05) is 32.0 Å². The Kier molecular flexibility index (Phi) is 6.93. The molecule has 3 aromatic rings. The molecule has 6 nitrogen and oxygen atoms in total. The molecule has 0 saturated carbocycles. The molecule has 142 valence electrons. The van der Waals surface area contributed by atoms with Gasteiger partial charge in [-0.05, 0) is 48.2 Å². The minimum atomic E-state index is -1.52. The van der Waals surface area contributed by atoms with Crippen LogP contribution in [0.4, 0.5) is 5.69 Å². The van der Waals surface area contributed by atoms with Crippen molar-refractivity contribution < 1.29 is 19.8 Å². The fourth-order valence-electron chi connectivity index (χ4n) is 3.26. The molecule has 28 heavy (non-hydrogen) atoms. The molecule has 0 atom stereocenters. The molecule has 0 saturated heterocycles. The van der Waals surface area contributed by atoms with Gasteiger partial charge in [-0.15, -0.1) is 0 Å². The van der Waals surface area contributed by atoms with E-state index in [9.17, 15) is 14.7 Å². The van der Waals surface area contributed by atoms with E-state index in [1.54, 1.807) is 18.2 Å². The number of aliphatic carboxylic acids is 1. The average Bonchev–Trinajstić information content (AvgIpc) is 2.93. The number of amides is 1. The standard InChI is InChI=1S/C21H22N2O4.Na.H/c1-12(2)15-10-14(7-8-19(15)24)11-23-13(3)9-16-17(5-4-6-18(16)23)22-20(25)21(26)27;;/h4-10,12,24H,11H2,1-3H3,(H,22,25)(H,26,27);;. The number of aryl methyl sites for hydroxylation is 1. The molecule has 3 N–H and O–H groups in total. The number of carboxylic acids is 1. The average molecular weight is 390 g/mol. The molecule has 3 rings (SSSR count). The Bertz CT molecular complexity index is 1040. The number of phenolic OH excluding ortho intramolecular Hbond substituents is 1. The van der Waals surface area contributed by atoms with Crippen LogP contribution in [0.1, 0.15) is 36.6 Å². The number of nitrogens with zero attached hydrogens (tertiary/aromatic N) is 1. The summed E-state index contributed by atoms with van der Waals surface area (Å²) in [4.78, 5) is 22.4. The first-order chi connectivity index (χ1) is 12.8. The number of fused-ring (bicyclic) bond motifs is 1. The molecule has 0 bridgehead atoms. The number of anilines is 1. The van der Waals surface area contributed by atoms with Gasteiger partial charge in [-0.2, -0.15) is 0 Å². The summed E-state index contributed by atoms with van der Waals surface area (Å²) in [6.07, 6.45) is 0. The molecule has 1 aromatic heterocycles. The van der Waals surface area contributed by atoms with Gasteiger partial charge >= 0.3 is 41.4 Å². The topological polar surface area (TPSA) is 91.6 Å².